The standard InChI is InChI=1S/C44H84N2O7/c1-2-3-4-5-6-7-8-9-19-28-40-53-42(41-48)30-20-13-10-16-23-35-46(36-26-27-39-47)38-29-37-45(33-24-17-11-14-21-31-43(49)50)34-25-18-12-15-22-32-44(51)52/h47H,2-40H2,1H3,(H,49,50)(H,51,52). The number of carboxylic acid groups (broad SMARTS) is 2. The maximum Gasteiger partial charge on any atom is 0.303 e. The van der Waals surface area contributed by atoms with Crippen LogP contribution in [0.25, 0.3) is 0 Å². The predicted molar refractivity (Wildman–Crippen MR) is 219 cm³/mol. The number of aliphatic hydroxyl groups excluding tert-OH is 1. The molecule has 0 atom stereocenters. The molecular formula is C44H84N2O7. The molecule has 0 saturated carbocycles. The molecule has 0 aliphatic rings. The maximum atomic E-state index is 11.4. The van der Waals surface area contributed by atoms with Crippen LogP contribution < -0.4 is 0 Å². The molecule has 0 aromatic carbocycles. The van der Waals surface area contributed by atoms with E-state index in [4.69, 9.17) is 14.9 Å². The van der Waals surface area contributed by atoms with Crippen LogP contribution in [0.4, 0.5) is 0 Å². The van der Waals surface area contributed by atoms with Crippen LogP contribution in [-0.2, 0) is 19.1 Å². The van der Waals surface area contributed by atoms with E-state index in [2.05, 4.69) is 16.7 Å². The number of carbonyl (C=O) groups excluding carboxylic acids is 1. The number of carbonyl (C=O) groups is 2. The zero-order chi connectivity index (χ0) is 38.9. The lowest BCUT2D eigenvalue weighted by molar-refractivity contribution is -0.138. The quantitative estimate of drug-likeness (QED) is 0.0316. The van der Waals surface area contributed by atoms with E-state index in [1.807, 2.05) is 5.94 Å². The van der Waals surface area contributed by atoms with Gasteiger partial charge in [-0.1, -0.05) is 122 Å². The van der Waals surface area contributed by atoms with Crippen molar-refractivity contribution < 1.29 is 34.4 Å². The third-order valence-corrected chi connectivity index (χ3v) is 10.3. The van der Waals surface area contributed by atoms with Gasteiger partial charge < -0.3 is 29.9 Å². The van der Waals surface area contributed by atoms with Crippen molar-refractivity contribution in [3.8, 4) is 0 Å². The third-order valence-electron chi connectivity index (χ3n) is 10.3. The van der Waals surface area contributed by atoms with E-state index in [1.54, 1.807) is 0 Å². The average Bonchev–Trinajstić information content (AvgIpc) is 3.14. The smallest absolute Gasteiger partial charge is 0.303 e. The summed E-state index contributed by atoms with van der Waals surface area (Å²) < 4.78 is 5.75. The number of rotatable bonds is 44. The normalized spacial score (nSPS) is 11.4. The van der Waals surface area contributed by atoms with E-state index >= 15 is 0 Å². The first kappa shape index (κ1) is 51.1. The molecule has 0 spiro atoms. The van der Waals surface area contributed by atoms with Crippen LogP contribution in [0, 0.1) is 0 Å². The number of unbranched alkanes of at least 4 members (excludes halogenated alkanes) is 22. The Labute approximate surface area is 325 Å². The van der Waals surface area contributed by atoms with Crippen molar-refractivity contribution in [2.75, 3.05) is 52.5 Å². The SMILES string of the molecule is CCCCCCCCCCCCOC(=C=O)CCCCCCCN(CCCCO)CCCN(CCCCCCCC(=O)O)CCCCCCCC(=O)O. The lowest BCUT2D eigenvalue weighted by Crippen LogP contribution is -2.32. The zero-order valence-corrected chi connectivity index (χ0v) is 34.4. The van der Waals surface area contributed by atoms with Gasteiger partial charge in [0.25, 0.3) is 0 Å². The summed E-state index contributed by atoms with van der Waals surface area (Å²) in [5.74, 6) is 1.12. The molecule has 0 fully saturated rings. The van der Waals surface area contributed by atoms with E-state index in [1.165, 1.54) is 64.2 Å². The number of hydrogen-bond acceptors (Lipinski definition) is 7. The highest BCUT2D eigenvalue weighted by Gasteiger charge is 2.10. The Morgan fingerprint density at radius 1 is 0.453 bits per heavy atom. The maximum absolute atomic E-state index is 11.4. The summed E-state index contributed by atoms with van der Waals surface area (Å²) in [6.45, 7) is 9.54. The Morgan fingerprint density at radius 3 is 1.19 bits per heavy atom. The number of aliphatic carboxylic acids is 2. The van der Waals surface area contributed by atoms with Gasteiger partial charge in [0.2, 0.25) is 0 Å². The van der Waals surface area contributed by atoms with Gasteiger partial charge in [-0.2, -0.15) is 0 Å². The van der Waals surface area contributed by atoms with E-state index in [0.29, 0.717) is 18.8 Å². The average molecular weight is 753 g/mol. The fourth-order valence-electron chi connectivity index (χ4n) is 7.01. The second kappa shape index (κ2) is 41.2. The molecule has 0 rings (SSSR count). The molecule has 0 amide bonds. The van der Waals surface area contributed by atoms with Crippen LogP contribution in [-0.4, -0.2) is 95.5 Å². The number of ether oxygens (including phenoxy) is 1. The van der Waals surface area contributed by atoms with Gasteiger partial charge in [0.05, 0.1) is 6.61 Å². The highest BCUT2D eigenvalue weighted by atomic mass is 16.5. The number of allylic oxidation sites excluding steroid dienone is 1. The molecule has 0 aromatic rings. The van der Waals surface area contributed by atoms with Crippen molar-refractivity contribution in [1.29, 1.82) is 0 Å². The predicted octanol–water partition coefficient (Wildman–Crippen LogP) is 10.6. The second-order valence-corrected chi connectivity index (χ2v) is 15.4. The van der Waals surface area contributed by atoms with Crippen molar-refractivity contribution in [2.24, 2.45) is 0 Å². The molecule has 9 nitrogen and oxygen atoms in total. The summed E-state index contributed by atoms with van der Waals surface area (Å²) in [6, 6.07) is 0. The highest BCUT2D eigenvalue weighted by molar-refractivity contribution is 5.66. The summed E-state index contributed by atoms with van der Waals surface area (Å²) in [5, 5.41) is 27.1. The van der Waals surface area contributed by atoms with E-state index < -0.39 is 11.9 Å². The summed E-state index contributed by atoms with van der Waals surface area (Å²) in [7, 11) is 0. The van der Waals surface area contributed by atoms with Crippen molar-refractivity contribution in [3.05, 3.63) is 5.76 Å². The summed E-state index contributed by atoms with van der Waals surface area (Å²) in [6.07, 6.45) is 32.9. The molecule has 9 heteroatoms. The number of carboxylic acids is 2. The number of nitrogens with zero attached hydrogens (tertiary/aromatic N) is 2. The van der Waals surface area contributed by atoms with Gasteiger partial charge in [-0.15, -0.1) is 0 Å². The minimum atomic E-state index is -0.706. The fourth-order valence-corrected chi connectivity index (χ4v) is 7.01. The molecule has 53 heavy (non-hydrogen) atoms. The summed E-state index contributed by atoms with van der Waals surface area (Å²) >= 11 is 0. The van der Waals surface area contributed by atoms with Gasteiger partial charge >= 0.3 is 11.9 Å². The highest BCUT2D eigenvalue weighted by Crippen LogP contribution is 2.15. The Hall–Kier alpha value is -1.93. The van der Waals surface area contributed by atoms with Crippen molar-refractivity contribution in [2.45, 2.75) is 206 Å². The first-order chi connectivity index (χ1) is 25.9. The monoisotopic (exact) mass is 753 g/mol. The largest absolute Gasteiger partial charge is 0.487 e. The minimum Gasteiger partial charge on any atom is -0.487 e. The molecular weight excluding hydrogens is 668 g/mol. The van der Waals surface area contributed by atoms with Crippen LogP contribution in [0.5, 0.6) is 0 Å². The Balaban J connectivity index is 4.35. The minimum absolute atomic E-state index is 0.244. The van der Waals surface area contributed by atoms with Crippen LogP contribution in [0.2, 0.25) is 0 Å². The van der Waals surface area contributed by atoms with E-state index in [9.17, 15) is 19.5 Å². The molecule has 0 bridgehead atoms. The topological polar surface area (TPSA) is 128 Å². The van der Waals surface area contributed by atoms with Gasteiger partial charge in [0.15, 0.2) is 11.7 Å². The number of hydrogen-bond donors (Lipinski definition) is 3. The molecule has 0 unspecified atom stereocenters. The lowest BCUT2D eigenvalue weighted by Gasteiger charge is -2.26. The van der Waals surface area contributed by atoms with Crippen LogP contribution >= 0.6 is 0 Å². The second-order valence-electron chi connectivity index (χ2n) is 15.4. The van der Waals surface area contributed by atoms with Gasteiger partial charge in [-0.25, -0.2) is 4.79 Å². The molecule has 312 valence electrons. The molecule has 3 N–H and O–H groups in total. The molecule has 0 aromatic heterocycles. The van der Waals surface area contributed by atoms with E-state index in [-0.39, 0.29) is 19.4 Å². The van der Waals surface area contributed by atoms with Gasteiger partial charge in [0.1, 0.15) is 0 Å². The zero-order valence-electron chi connectivity index (χ0n) is 34.4. The fraction of sp³-hybridized carbons (Fsp3) is 0.909. The molecule has 0 radical (unpaired) electrons. The molecule has 0 saturated heterocycles. The van der Waals surface area contributed by atoms with Gasteiger partial charge in [-0.05, 0) is 103 Å². The van der Waals surface area contributed by atoms with Gasteiger partial charge in [-0.3, -0.25) is 9.59 Å². The van der Waals surface area contributed by atoms with E-state index in [0.717, 1.165) is 155 Å². The van der Waals surface area contributed by atoms with Crippen molar-refractivity contribution >= 4 is 17.9 Å². The van der Waals surface area contributed by atoms with Crippen molar-refractivity contribution in [3.63, 3.8) is 0 Å². The molecule has 0 heterocycles. The van der Waals surface area contributed by atoms with Crippen LogP contribution in [0.15, 0.2) is 5.76 Å². The number of aliphatic hydroxyl groups is 1. The van der Waals surface area contributed by atoms with Crippen LogP contribution in [0.3, 0.4) is 0 Å². The first-order valence-corrected chi connectivity index (χ1v) is 22.3. The summed E-state index contributed by atoms with van der Waals surface area (Å²) in [5.41, 5.74) is 0. The Kier molecular flexibility index (Phi) is 39.7. The molecule has 0 aliphatic heterocycles. The lowest BCUT2D eigenvalue weighted by atomic mass is 10.1. The van der Waals surface area contributed by atoms with Crippen molar-refractivity contribution in [1.82, 2.24) is 9.80 Å². The van der Waals surface area contributed by atoms with Crippen LogP contribution in [0.1, 0.15) is 206 Å². The summed E-state index contributed by atoms with van der Waals surface area (Å²) in [4.78, 5) is 38.1. The van der Waals surface area contributed by atoms with Gasteiger partial charge in [0, 0.05) is 25.9 Å². The third kappa shape index (κ3) is 39.6. The Bertz CT molecular complexity index is 837. The first-order valence-electron chi connectivity index (χ1n) is 22.3. The Morgan fingerprint density at radius 2 is 0.792 bits per heavy atom. The molecule has 0 aliphatic carbocycles.